The van der Waals surface area contributed by atoms with Crippen LogP contribution in [0.2, 0.25) is 0 Å². The molecule has 1 rings (SSSR count). The average molecular weight is 440 g/mol. The van der Waals surface area contributed by atoms with E-state index in [1.165, 1.54) is 30.6 Å². The number of amides is 1. The first-order chi connectivity index (χ1) is 14.5. The Morgan fingerprint density at radius 3 is 2.20 bits per heavy atom. The van der Waals surface area contributed by atoms with Crippen molar-refractivity contribution in [2.24, 2.45) is 0 Å². The number of anilines is 1. The summed E-state index contributed by atoms with van der Waals surface area (Å²) in [6.07, 6.45) is 13.7. The predicted octanol–water partition coefficient (Wildman–Crippen LogP) is 8.21. The SMILES string of the molecule is CCCCCCCCOC(=O)Nc1scc(C(CCCC)CCCCC)c1C(=O)O. The van der Waals surface area contributed by atoms with Crippen LogP contribution in [0.1, 0.15) is 126 Å². The van der Waals surface area contributed by atoms with Gasteiger partial charge in [-0.25, -0.2) is 9.59 Å². The number of hydrogen-bond donors (Lipinski definition) is 2. The smallest absolute Gasteiger partial charge is 0.412 e. The van der Waals surface area contributed by atoms with Crippen LogP contribution < -0.4 is 5.32 Å². The Morgan fingerprint density at radius 2 is 1.53 bits per heavy atom. The summed E-state index contributed by atoms with van der Waals surface area (Å²) in [7, 11) is 0. The van der Waals surface area contributed by atoms with Gasteiger partial charge in [0.15, 0.2) is 0 Å². The van der Waals surface area contributed by atoms with Crippen molar-refractivity contribution in [3.05, 3.63) is 16.5 Å². The first-order valence-electron chi connectivity index (χ1n) is 11.8. The molecule has 30 heavy (non-hydrogen) atoms. The predicted molar refractivity (Wildman–Crippen MR) is 126 cm³/mol. The zero-order valence-electron chi connectivity index (χ0n) is 19.1. The zero-order valence-corrected chi connectivity index (χ0v) is 20.0. The van der Waals surface area contributed by atoms with E-state index in [1.54, 1.807) is 0 Å². The third kappa shape index (κ3) is 9.96. The highest BCUT2D eigenvalue weighted by atomic mass is 32.1. The minimum absolute atomic E-state index is 0.230. The van der Waals surface area contributed by atoms with Gasteiger partial charge in [0.2, 0.25) is 0 Å². The van der Waals surface area contributed by atoms with E-state index < -0.39 is 12.1 Å². The van der Waals surface area contributed by atoms with Gasteiger partial charge in [0.1, 0.15) is 5.00 Å². The van der Waals surface area contributed by atoms with E-state index in [2.05, 4.69) is 26.1 Å². The van der Waals surface area contributed by atoms with Gasteiger partial charge in [0.05, 0.1) is 12.2 Å². The Bertz CT molecular complexity index is 614. The molecular formula is C24H41NO4S. The molecule has 0 aliphatic heterocycles. The number of aromatic carboxylic acids is 1. The van der Waals surface area contributed by atoms with Gasteiger partial charge in [-0.1, -0.05) is 85.0 Å². The molecular weight excluding hydrogens is 398 g/mol. The number of nitrogens with one attached hydrogen (secondary N) is 1. The number of unbranched alkanes of at least 4 members (excludes halogenated alkanes) is 8. The van der Waals surface area contributed by atoms with Crippen molar-refractivity contribution < 1.29 is 19.4 Å². The molecule has 0 aromatic carbocycles. The fourth-order valence-corrected chi connectivity index (χ4v) is 4.73. The Balaban J connectivity index is 2.68. The average Bonchev–Trinajstić information content (AvgIpc) is 3.13. The second-order valence-corrected chi connectivity index (χ2v) is 8.94. The Hall–Kier alpha value is -1.56. The summed E-state index contributed by atoms with van der Waals surface area (Å²) in [6, 6.07) is 0. The van der Waals surface area contributed by atoms with Crippen LogP contribution in [-0.4, -0.2) is 23.8 Å². The number of thiophene rings is 1. The van der Waals surface area contributed by atoms with Crippen LogP contribution in [-0.2, 0) is 4.74 Å². The van der Waals surface area contributed by atoms with Crippen molar-refractivity contribution in [1.82, 2.24) is 0 Å². The molecule has 172 valence electrons. The van der Waals surface area contributed by atoms with Gasteiger partial charge in [0.25, 0.3) is 0 Å². The highest BCUT2D eigenvalue weighted by Gasteiger charge is 2.25. The molecule has 6 heteroatoms. The lowest BCUT2D eigenvalue weighted by Gasteiger charge is -2.17. The van der Waals surface area contributed by atoms with Crippen LogP contribution in [0.5, 0.6) is 0 Å². The molecule has 0 radical (unpaired) electrons. The fourth-order valence-electron chi connectivity index (χ4n) is 3.71. The molecule has 0 aliphatic carbocycles. The van der Waals surface area contributed by atoms with E-state index >= 15 is 0 Å². The van der Waals surface area contributed by atoms with Gasteiger partial charge in [-0.15, -0.1) is 11.3 Å². The van der Waals surface area contributed by atoms with Gasteiger partial charge in [-0.2, -0.15) is 0 Å². The molecule has 0 bridgehead atoms. The largest absolute Gasteiger partial charge is 0.478 e. The third-order valence-corrected chi connectivity index (χ3v) is 6.40. The minimum atomic E-state index is -0.977. The van der Waals surface area contributed by atoms with Crippen LogP contribution in [0.4, 0.5) is 9.80 Å². The molecule has 0 fully saturated rings. The third-order valence-electron chi connectivity index (χ3n) is 5.48. The number of carbonyl (C=O) groups excluding carboxylic acids is 1. The lowest BCUT2D eigenvalue weighted by molar-refractivity contribution is 0.0696. The summed E-state index contributed by atoms with van der Waals surface area (Å²) in [5.74, 6) is -0.747. The van der Waals surface area contributed by atoms with Gasteiger partial charge in [-0.05, 0) is 36.1 Å². The topological polar surface area (TPSA) is 75.6 Å². The molecule has 0 saturated carbocycles. The number of carboxylic acid groups (broad SMARTS) is 1. The van der Waals surface area contributed by atoms with Crippen molar-refractivity contribution in [2.75, 3.05) is 11.9 Å². The van der Waals surface area contributed by atoms with E-state index in [-0.39, 0.29) is 11.5 Å². The van der Waals surface area contributed by atoms with Crippen LogP contribution in [0.15, 0.2) is 5.38 Å². The summed E-state index contributed by atoms with van der Waals surface area (Å²) < 4.78 is 5.27. The standard InChI is InChI=1S/C24H41NO4S/c1-4-7-10-11-12-14-17-29-24(28)25-22-21(23(26)27)20(18-30-22)19(15-9-6-3)16-13-8-5-2/h18-19H,4-17H2,1-3H3,(H,25,28)(H,26,27). The zero-order chi connectivity index (χ0) is 22.2. The maximum absolute atomic E-state index is 12.2. The maximum Gasteiger partial charge on any atom is 0.412 e. The lowest BCUT2D eigenvalue weighted by atomic mass is 9.88. The Kier molecular flexibility index (Phi) is 14.3. The number of hydrogen-bond acceptors (Lipinski definition) is 4. The summed E-state index contributed by atoms with van der Waals surface area (Å²) in [5.41, 5.74) is 1.11. The molecule has 0 spiro atoms. The summed E-state index contributed by atoms with van der Waals surface area (Å²) >= 11 is 1.29. The summed E-state index contributed by atoms with van der Waals surface area (Å²) in [5, 5.41) is 14.8. The van der Waals surface area contributed by atoms with Crippen LogP contribution >= 0.6 is 11.3 Å². The van der Waals surface area contributed by atoms with E-state index in [9.17, 15) is 14.7 Å². The fraction of sp³-hybridized carbons (Fsp3) is 0.750. The molecule has 1 amide bonds. The molecule has 1 aromatic heterocycles. The van der Waals surface area contributed by atoms with Crippen LogP contribution in [0.25, 0.3) is 0 Å². The van der Waals surface area contributed by atoms with Gasteiger partial charge >= 0.3 is 12.1 Å². The van der Waals surface area contributed by atoms with Crippen LogP contribution in [0, 0.1) is 0 Å². The van der Waals surface area contributed by atoms with Crippen molar-refractivity contribution in [2.45, 2.75) is 110 Å². The molecule has 0 saturated heterocycles. The van der Waals surface area contributed by atoms with Crippen molar-refractivity contribution in [3.8, 4) is 0 Å². The molecule has 2 N–H and O–H groups in total. The van der Waals surface area contributed by atoms with Gasteiger partial charge in [-0.3, -0.25) is 5.32 Å². The first kappa shape index (κ1) is 26.5. The van der Waals surface area contributed by atoms with Gasteiger partial charge < -0.3 is 9.84 Å². The number of carboxylic acids is 1. The number of carbonyl (C=O) groups is 2. The molecule has 1 aromatic rings. The number of rotatable bonds is 17. The van der Waals surface area contributed by atoms with E-state index in [0.717, 1.165) is 69.8 Å². The summed E-state index contributed by atoms with van der Waals surface area (Å²) in [4.78, 5) is 24.2. The second kappa shape index (κ2) is 16.2. The number of ether oxygens (including phenoxy) is 1. The van der Waals surface area contributed by atoms with E-state index in [4.69, 9.17) is 4.74 Å². The quantitative estimate of drug-likeness (QED) is 0.240. The lowest BCUT2D eigenvalue weighted by Crippen LogP contribution is -2.16. The van der Waals surface area contributed by atoms with Gasteiger partial charge in [0, 0.05) is 0 Å². The van der Waals surface area contributed by atoms with Crippen molar-refractivity contribution in [3.63, 3.8) is 0 Å². The first-order valence-corrected chi connectivity index (χ1v) is 12.7. The summed E-state index contributed by atoms with van der Waals surface area (Å²) in [6.45, 7) is 6.88. The van der Waals surface area contributed by atoms with E-state index in [0.29, 0.717) is 11.6 Å². The highest BCUT2D eigenvalue weighted by Crippen LogP contribution is 2.38. The normalized spacial score (nSPS) is 12.0. The molecule has 5 nitrogen and oxygen atoms in total. The Morgan fingerprint density at radius 1 is 0.933 bits per heavy atom. The van der Waals surface area contributed by atoms with E-state index in [1.807, 2.05) is 5.38 Å². The molecule has 1 atom stereocenters. The molecule has 1 unspecified atom stereocenters. The Labute approximate surface area is 186 Å². The van der Waals surface area contributed by atoms with Crippen molar-refractivity contribution >= 4 is 28.4 Å². The van der Waals surface area contributed by atoms with Crippen LogP contribution in [0.3, 0.4) is 0 Å². The molecule has 0 aliphatic rings. The minimum Gasteiger partial charge on any atom is -0.478 e. The highest BCUT2D eigenvalue weighted by molar-refractivity contribution is 7.15. The monoisotopic (exact) mass is 439 g/mol. The van der Waals surface area contributed by atoms with Crippen molar-refractivity contribution in [1.29, 1.82) is 0 Å². The second-order valence-electron chi connectivity index (χ2n) is 8.06. The maximum atomic E-state index is 12.2. The molecule has 1 heterocycles.